The Labute approximate surface area is 206 Å². The molecule has 2 aromatic heterocycles. The van der Waals surface area contributed by atoms with E-state index in [-0.39, 0.29) is 41.9 Å². The SMILES string of the molecule is CO/N=C(/C(=O)NC1C(=O)N2C(C(=O)O)=C(C[n+]3ccc(N)n3CCO)CSC12)c1csc(N)n1. The summed E-state index contributed by atoms with van der Waals surface area (Å²) in [4.78, 5) is 47.9. The predicted molar refractivity (Wildman–Crippen MR) is 126 cm³/mol. The van der Waals surface area contributed by atoms with Crippen LogP contribution in [0.15, 0.2) is 34.1 Å². The highest BCUT2D eigenvalue weighted by atomic mass is 32.2. The molecule has 1 saturated heterocycles. The van der Waals surface area contributed by atoms with Crippen molar-refractivity contribution in [3.8, 4) is 0 Å². The molecular weight excluding hydrogens is 500 g/mol. The number of anilines is 2. The first-order valence-electron chi connectivity index (χ1n) is 10.3. The van der Waals surface area contributed by atoms with Gasteiger partial charge < -0.3 is 31.8 Å². The van der Waals surface area contributed by atoms with Gasteiger partial charge in [-0.2, -0.15) is 0 Å². The first kappa shape index (κ1) is 24.5. The van der Waals surface area contributed by atoms with Crippen LogP contribution in [-0.4, -0.2) is 79.2 Å². The van der Waals surface area contributed by atoms with Crippen molar-refractivity contribution in [1.29, 1.82) is 0 Å². The zero-order valence-electron chi connectivity index (χ0n) is 18.4. The van der Waals surface area contributed by atoms with Crippen LogP contribution in [-0.2, 0) is 32.3 Å². The summed E-state index contributed by atoms with van der Waals surface area (Å²) in [5.74, 6) is -1.79. The molecule has 1 fully saturated rings. The van der Waals surface area contributed by atoms with Crippen molar-refractivity contribution < 1.29 is 34.1 Å². The molecule has 16 heteroatoms. The van der Waals surface area contributed by atoms with Crippen molar-refractivity contribution in [3.63, 3.8) is 0 Å². The molecular formula is C19H23N8O6S2+. The van der Waals surface area contributed by atoms with Gasteiger partial charge in [-0.05, 0) is 0 Å². The number of aliphatic hydroxyl groups is 1. The fraction of sp³-hybridized carbons (Fsp3) is 0.368. The Hall–Kier alpha value is -3.63. The Morgan fingerprint density at radius 1 is 1.43 bits per heavy atom. The van der Waals surface area contributed by atoms with Crippen LogP contribution in [0.5, 0.6) is 0 Å². The van der Waals surface area contributed by atoms with Gasteiger partial charge in [0.15, 0.2) is 29.4 Å². The largest absolute Gasteiger partial charge is 0.477 e. The number of aliphatic carboxylic acids is 1. The minimum absolute atomic E-state index is 0.134. The maximum atomic E-state index is 13.0. The fourth-order valence-electron chi connectivity index (χ4n) is 3.87. The third kappa shape index (κ3) is 4.54. The maximum absolute atomic E-state index is 13.0. The van der Waals surface area contributed by atoms with Gasteiger partial charge in [-0.1, -0.05) is 5.16 Å². The minimum atomic E-state index is -1.25. The third-order valence-corrected chi connectivity index (χ3v) is 7.40. The first-order valence-corrected chi connectivity index (χ1v) is 12.2. The number of nitrogen functional groups attached to an aromatic ring is 2. The van der Waals surface area contributed by atoms with E-state index in [0.717, 1.165) is 11.3 Å². The van der Waals surface area contributed by atoms with Crippen LogP contribution in [0.3, 0.4) is 0 Å². The molecule has 35 heavy (non-hydrogen) atoms. The standard InChI is InChI=1S/C19H22N8O6S2/c1-33-24-12(10-8-35-19(21)22-10)15(29)23-13-16(30)27-14(18(31)32)9(7-34-17(13)27)6-25-3-2-11(20)26(25)4-5-28/h2-3,8,13,17,20,28H,4-7H2,1H3,(H4,21,22,23,29,31,32)/p+1/b24-12+. The summed E-state index contributed by atoms with van der Waals surface area (Å²) in [6.45, 7) is 0.251. The summed E-state index contributed by atoms with van der Waals surface area (Å²) in [5.41, 5.74) is 12.0. The molecule has 2 aliphatic heterocycles. The number of carboxylic acids is 1. The number of nitrogens with zero attached hydrogens (tertiary/aromatic N) is 5. The molecule has 2 aliphatic rings. The zero-order chi connectivity index (χ0) is 25.3. The summed E-state index contributed by atoms with van der Waals surface area (Å²) in [6, 6.07) is 0.688. The van der Waals surface area contributed by atoms with Crippen LogP contribution in [0.1, 0.15) is 5.69 Å². The number of hydrogen-bond acceptors (Lipinski definition) is 11. The summed E-state index contributed by atoms with van der Waals surface area (Å²) in [5, 5.41) is 26.7. The lowest BCUT2D eigenvalue weighted by Gasteiger charge is -2.49. The molecule has 4 heterocycles. The highest BCUT2D eigenvalue weighted by Crippen LogP contribution is 2.40. The maximum Gasteiger partial charge on any atom is 0.352 e. The second-order valence-corrected chi connectivity index (χ2v) is 9.49. The van der Waals surface area contributed by atoms with E-state index >= 15 is 0 Å². The summed E-state index contributed by atoms with van der Waals surface area (Å²) in [7, 11) is 1.27. The number of carboxylic acid groups (broad SMARTS) is 1. The highest BCUT2D eigenvalue weighted by Gasteiger charge is 2.55. The van der Waals surface area contributed by atoms with E-state index in [0.29, 0.717) is 17.1 Å². The minimum Gasteiger partial charge on any atom is -0.477 e. The number of carbonyl (C=O) groups is 3. The lowest BCUT2D eigenvalue weighted by atomic mass is 10.0. The average molecular weight is 524 g/mol. The van der Waals surface area contributed by atoms with Crippen LogP contribution in [0.25, 0.3) is 0 Å². The lowest BCUT2D eigenvalue weighted by molar-refractivity contribution is -0.767. The second kappa shape index (κ2) is 9.93. The van der Waals surface area contributed by atoms with Crippen molar-refractivity contribution in [1.82, 2.24) is 19.9 Å². The number of fused-ring (bicyclic) bond motifs is 1. The molecule has 4 rings (SSSR count). The number of hydrogen-bond donors (Lipinski definition) is 5. The van der Waals surface area contributed by atoms with Crippen molar-refractivity contribution in [2.24, 2.45) is 5.16 Å². The van der Waals surface area contributed by atoms with Gasteiger partial charge in [-0.3, -0.25) is 14.5 Å². The number of carbonyl (C=O) groups excluding carboxylic acids is 2. The number of thioether (sulfide) groups is 1. The monoisotopic (exact) mass is 523 g/mol. The summed E-state index contributed by atoms with van der Waals surface area (Å²) in [6.07, 6.45) is 1.68. The van der Waals surface area contributed by atoms with Crippen molar-refractivity contribution >= 4 is 57.5 Å². The van der Waals surface area contributed by atoms with E-state index < -0.39 is 29.2 Å². The van der Waals surface area contributed by atoms with E-state index in [9.17, 15) is 24.6 Å². The van der Waals surface area contributed by atoms with Gasteiger partial charge in [-0.15, -0.1) is 32.5 Å². The van der Waals surface area contributed by atoms with Gasteiger partial charge in [0.05, 0.1) is 12.7 Å². The van der Waals surface area contributed by atoms with Crippen LogP contribution in [0, 0.1) is 0 Å². The van der Waals surface area contributed by atoms with Gasteiger partial charge in [-0.25, -0.2) is 9.78 Å². The van der Waals surface area contributed by atoms with Crippen molar-refractivity contribution in [2.45, 2.75) is 24.5 Å². The smallest absolute Gasteiger partial charge is 0.352 e. The Bertz CT molecular complexity index is 1240. The molecule has 2 amide bonds. The number of thiazole rings is 1. The molecule has 0 spiro atoms. The fourth-order valence-corrected chi connectivity index (χ4v) is 5.75. The van der Waals surface area contributed by atoms with Gasteiger partial charge in [0.1, 0.15) is 36.5 Å². The second-order valence-electron chi connectivity index (χ2n) is 7.50. The normalized spacial score (nSPS) is 19.9. The predicted octanol–water partition coefficient (Wildman–Crippen LogP) is -1.82. The molecule has 14 nitrogen and oxygen atoms in total. The third-order valence-electron chi connectivity index (χ3n) is 5.39. The van der Waals surface area contributed by atoms with Gasteiger partial charge in [0.25, 0.3) is 11.8 Å². The molecule has 0 bridgehead atoms. The molecule has 0 aliphatic carbocycles. The molecule has 2 aromatic rings. The van der Waals surface area contributed by atoms with Crippen LogP contribution in [0.2, 0.25) is 0 Å². The van der Waals surface area contributed by atoms with Crippen LogP contribution < -0.4 is 21.5 Å². The number of aliphatic hydroxyl groups excluding tert-OH is 1. The van der Waals surface area contributed by atoms with E-state index in [1.54, 1.807) is 21.6 Å². The lowest BCUT2D eigenvalue weighted by Crippen LogP contribution is -2.71. The molecule has 0 saturated carbocycles. The number of nitrogens with two attached hydrogens (primary N) is 2. The van der Waals surface area contributed by atoms with Crippen LogP contribution >= 0.6 is 23.1 Å². The topological polar surface area (TPSA) is 202 Å². The van der Waals surface area contributed by atoms with Crippen molar-refractivity contribution in [3.05, 3.63) is 34.6 Å². The summed E-state index contributed by atoms with van der Waals surface area (Å²) < 4.78 is 3.30. The molecule has 186 valence electrons. The molecule has 7 N–H and O–H groups in total. The molecule has 2 unspecified atom stereocenters. The number of oxime groups is 1. The molecule has 0 aromatic carbocycles. The van der Waals surface area contributed by atoms with E-state index in [4.69, 9.17) is 16.3 Å². The first-order chi connectivity index (χ1) is 16.8. The van der Waals surface area contributed by atoms with E-state index in [1.807, 2.05) is 0 Å². The van der Waals surface area contributed by atoms with E-state index in [1.165, 1.54) is 29.2 Å². The summed E-state index contributed by atoms with van der Waals surface area (Å²) >= 11 is 2.44. The number of rotatable bonds is 9. The Morgan fingerprint density at radius 3 is 2.83 bits per heavy atom. The van der Waals surface area contributed by atoms with Gasteiger partial charge in [0.2, 0.25) is 0 Å². The van der Waals surface area contributed by atoms with Crippen molar-refractivity contribution in [2.75, 3.05) is 30.9 Å². The Balaban J connectivity index is 1.54. The highest BCUT2D eigenvalue weighted by molar-refractivity contribution is 8.00. The quantitative estimate of drug-likeness (QED) is 0.108. The zero-order valence-corrected chi connectivity index (χ0v) is 20.1. The Kier molecular flexibility index (Phi) is 6.95. The Morgan fingerprint density at radius 2 is 2.20 bits per heavy atom. The number of β-lactam (4-membered cyclic amide) rings is 1. The van der Waals surface area contributed by atoms with E-state index in [2.05, 4.69) is 15.5 Å². The van der Waals surface area contributed by atoms with Gasteiger partial charge >= 0.3 is 5.97 Å². The number of nitrogens with one attached hydrogen (secondary N) is 1. The number of aromatic nitrogens is 3. The number of amides is 2. The van der Waals surface area contributed by atoms with Gasteiger partial charge in [0, 0.05) is 16.7 Å². The average Bonchev–Trinajstić information content (AvgIpc) is 3.41. The molecule has 2 atom stereocenters. The van der Waals surface area contributed by atoms with Crippen LogP contribution in [0.4, 0.5) is 10.9 Å². The molecule has 0 radical (unpaired) electrons.